The highest BCUT2D eigenvalue weighted by atomic mass is 16.6. The fourth-order valence-corrected chi connectivity index (χ4v) is 3.29. The summed E-state index contributed by atoms with van der Waals surface area (Å²) in [6.07, 6.45) is 0. The number of nitro benzene ring substituents is 1. The molecule has 0 fully saturated rings. The molecule has 4 rings (SSSR count). The summed E-state index contributed by atoms with van der Waals surface area (Å²) in [5.74, 6) is 1.32. The number of carbonyl (C=O) groups is 1. The van der Waals surface area contributed by atoms with Gasteiger partial charge in [0, 0.05) is 29.2 Å². The van der Waals surface area contributed by atoms with Gasteiger partial charge in [-0.1, -0.05) is 29.8 Å². The molecule has 0 spiro atoms. The number of nitrogens with zero attached hydrogens (tertiary/aromatic N) is 3. The summed E-state index contributed by atoms with van der Waals surface area (Å²) >= 11 is 0. The number of amides is 1. The molecule has 1 amide bonds. The molecule has 0 atom stereocenters. The van der Waals surface area contributed by atoms with Gasteiger partial charge in [-0.05, 0) is 56.3 Å². The maximum atomic E-state index is 12.5. The van der Waals surface area contributed by atoms with Gasteiger partial charge < -0.3 is 16.0 Å². The van der Waals surface area contributed by atoms with Crippen LogP contribution in [0.2, 0.25) is 0 Å². The first-order valence-corrected chi connectivity index (χ1v) is 10.5. The van der Waals surface area contributed by atoms with Crippen molar-refractivity contribution >= 4 is 40.3 Å². The molecule has 1 aromatic heterocycles. The van der Waals surface area contributed by atoms with Crippen molar-refractivity contribution in [2.24, 2.45) is 0 Å². The molecule has 9 heteroatoms. The van der Waals surface area contributed by atoms with Gasteiger partial charge in [-0.25, -0.2) is 9.97 Å². The van der Waals surface area contributed by atoms with Crippen molar-refractivity contribution in [1.82, 2.24) is 9.97 Å². The average Bonchev–Trinajstić information content (AvgIpc) is 2.81. The molecule has 3 N–H and O–H groups in total. The molecule has 0 saturated heterocycles. The smallest absolute Gasteiger partial charge is 0.282 e. The van der Waals surface area contributed by atoms with Gasteiger partial charge in [0.05, 0.1) is 4.92 Å². The number of para-hydroxylation sites is 1. The third-order valence-corrected chi connectivity index (χ3v) is 4.92. The van der Waals surface area contributed by atoms with Gasteiger partial charge in [0.15, 0.2) is 0 Å². The fraction of sp³-hybridized carbons (Fsp3) is 0.0800. The van der Waals surface area contributed by atoms with Crippen LogP contribution < -0.4 is 16.0 Å². The number of benzene rings is 3. The zero-order valence-corrected chi connectivity index (χ0v) is 18.6. The highest BCUT2D eigenvalue weighted by Crippen LogP contribution is 2.23. The topological polar surface area (TPSA) is 122 Å². The van der Waals surface area contributed by atoms with Crippen molar-refractivity contribution in [2.75, 3.05) is 16.0 Å². The van der Waals surface area contributed by atoms with Crippen LogP contribution in [-0.2, 0) is 0 Å². The molecule has 0 aliphatic rings. The molecule has 34 heavy (non-hydrogen) atoms. The standard InChI is InChI=1S/C25H22N6O3/c1-16-7-9-18(10-8-16)28-23-15-24(27-17(2)26-23)29-19-11-13-20(14-12-19)30-25(32)21-5-3-4-6-22(21)31(33)34/h3-15H,1-2H3,(H,30,32)(H2,26,27,28,29). The molecule has 3 aromatic carbocycles. The summed E-state index contributed by atoms with van der Waals surface area (Å²) in [6, 6.07) is 22.6. The lowest BCUT2D eigenvalue weighted by Gasteiger charge is -2.11. The zero-order valence-electron chi connectivity index (χ0n) is 18.6. The number of carbonyl (C=O) groups excluding carboxylic acids is 1. The maximum Gasteiger partial charge on any atom is 0.282 e. The van der Waals surface area contributed by atoms with Gasteiger partial charge in [-0.3, -0.25) is 14.9 Å². The van der Waals surface area contributed by atoms with Crippen LogP contribution in [0.15, 0.2) is 78.9 Å². The second kappa shape index (κ2) is 9.78. The predicted molar refractivity (Wildman–Crippen MR) is 132 cm³/mol. The first-order chi connectivity index (χ1) is 16.4. The van der Waals surface area contributed by atoms with Gasteiger partial charge >= 0.3 is 0 Å². The molecular weight excluding hydrogens is 432 g/mol. The van der Waals surface area contributed by atoms with E-state index < -0.39 is 10.8 Å². The van der Waals surface area contributed by atoms with Crippen LogP contribution in [0.3, 0.4) is 0 Å². The van der Waals surface area contributed by atoms with Crippen molar-refractivity contribution in [3.63, 3.8) is 0 Å². The maximum absolute atomic E-state index is 12.5. The fourth-order valence-electron chi connectivity index (χ4n) is 3.29. The second-order valence-electron chi connectivity index (χ2n) is 7.61. The minimum atomic E-state index is -0.576. The zero-order chi connectivity index (χ0) is 24.1. The average molecular weight is 454 g/mol. The van der Waals surface area contributed by atoms with E-state index >= 15 is 0 Å². The molecular formula is C25H22N6O3. The number of aromatic nitrogens is 2. The molecule has 1 heterocycles. The van der Waals surface area contributed by atoms with E-state index in [0.29, 0.717) is 23.1 Å². The Labute approximate surface area is 196 Å². The molecule has 0 unspecified atom stereocenters. The largest absolute Gasteiger partial charge is 0.340 e. The normalized spacial score (nSPS) is 10.4. The summed E-state index contributed by atoms with van der Waals surface area (Å²) in [6.45, 7) is 3.84. The Balaban J connectivity index is 1.45. The monoisotopic (exact) mass is 454 g/mol. The Morgan fingerprint density at radius 2 is 1.32 bits per heavy atom. The Kier molecular flexibility index (Phi) is 6.45. The molecule has 4 aromatic rings. The van der Waals surface area contributed by atoms with Crippen LogP contribution in [0.4, 0.5) is 34.4 Å². The summed E-state index contributed by atoms with van der Waals surface area (Å²) in [7, 11) is 0. The van der Waals surface area contributed by atoms with Gasteiger partial charge in [0.2, 0.25) is 0 Å². The first-order valence-electron chi connectivity index (χ1n) is 10.5. The number of anilines is 5. The van der Waals surface area contributed by atoms with Crippen molar-refractivity contribution in [1.29, 1.82) is 0 Å². The highest BCUT2D eigenvalue weighted by Gasteiger charge is 2.19. The SMILES string of the molecule is Cc1ccc(Nc2cc(Nc3ccc(NC(=O)c4ccccc4[N+](=O)[O-])cc3)nc(C)n2)cc1. The summed E-state index contributed by atoms with van der Waals surface area (Å²) < 4.78 is 0. The summed E-state index contributed by atoms with van der Waals surface area (Å²) in [5.41, 5.74) is 3.12. The summed E-state index contributed by atoms with van der Waals surface area (Å²) in [4.78, 5) is 31.9. The van der Waals surface area contributed by atoms with Crippen LogP contribution in [0.25, 0.3) is 0 Å². The summed E-state index contributed by atoms with van der Waals surface area (Å²) in [5, 5.41) is 20.3. The van der Waals surface area contributed by atoms with Crippen molar-refractivity contribution in [2.45, 2.75) is 13.8 Å². The molecule has 0 saturated carbocycles. The lowest BCUT2D eigenvalue weighted by molar-refractivity contribution is -0.385. The van der Waals surface area contributed by atoms with Crippen molar-refractivity contribution in [3.8, 4) is 0 Å². The highest BCUT2D eigenvalue weighted by molar-refractivity contribution is 6.07. The van der Waals surface area contributed by atoms with Gasteiger partial charge in [0.25, 0.3) is 11.6 Å². The van der Waals surface area contributed by atoms with Crippen LogP contribution in [0.5, 0.6) is 0 Å². The van der Waals surface area contributed by atoms with E-state index in [1.807, 2.05) is 38.1 Å². The predicted octanol–water partition coefficient (Wildman–Crippen LogP) is 5.74. The van der Waals surface area contributed by atoms with Gasteiger partial charge in [-0.15, -0.1) is 0 Å². The lowest BCUT2D eigenvalue weighted by atomic mass is 10.1. The van der Waals surface area contributed by atoms with E-state index in [2.05, 4.69) is 25.9 Å². The van der Waals surface area contributed by atoms with Crippen LogP contribution in [-0.4, -0.2) is 20.8 Å². The quantitative estimate of drug-likeness (QED) is 0.240. The van der Waals surface area contributed by atoms with E-state index in [1.54, 1.807) is 36.4 Å². The molecule has 9 nitrogen and oxygen atoms in total. The minimum Gasteiger partial charge on any atom is -0.340 e. The van der Waals surface area contributed by atoms with E-state index in [4.69, 9.17) is 0 Å². The van der Waals surface area contributed by atoms with Crippen LogP contribution >= 0.6 is 0 Å². The molecule has 170 valence electrons. The molecule has 0 aliphatic heterocycles. The number of hydrogen-bond donors (Lipinski definition) is 3. The third-order valence-electron chi connectivity index (χ3n) is 4.92. The second-order valence-corrected chi connectivity index (χ2v) is 7.61. The number of rotatable bonds is 7. The molecule has 0 radical (unpaired) electrons. The van der Waals surface area contributed by atoms with E-state index in [-0.39, 0.29) is 11.3 Å². The van der Waals surface area contributed by atoms with Crippen LogP contribution in [0.1, 0.15) is 21.7 Å². The first kappa shape index (κ1) is 22.4. The number of hydrogen-bond acceptors (Lipinski definition) is 7. The Hall–Kier alpha value is -4.79. The minimum absolute atomic E-state index is 0.000214. The van der Waals surface area contributed by atoms with Gasteiger partial charge in [0.1, 0.15) is 23.0 Å². The number of aryl methyl sites for hydroxylation is 2. The van der Waals surface area contributed by atoms with Crippen molar-refractivity contribution < 1.29 is 9.72 Å². The van der Waals surface area contributed by atoms with E-state index in [1.165, 1.54) is 23.8 Å². The van der Waals surface area contributed by atoms with E-state index in [0.717, 1.165) is 11.4 Å². The van der Waals surface area contributed by atoms with Gasteiger partial charge in [-0.2, -0.15) is 0 Å². The van der Waals surface area contributed by atoms with E-state index in [9.17, 15) is 14.9 Å². The Bertz CT molecular complexity index is 1340. The lowest BCUT2D eigenvalue weighted by Crippen LogP contribution is -2.13. The third kappa shape index (κ3) is 5.52. The van der Waals surface area contributed by atoms with Crippen LogP contribution in [0, 0.1) is 24.0 Å². The molecule has 0 aliphatic carbocycles. The Morgan fingerprint density at radius 1 is 0.794 bits per heavy atom. The van der Waals surface area contributed by atoms with Crippen molar-refractivity contribution in [3.05, 3.63) is 106 Å². The Morgan fingerprint density at radius 3 is 1.91 bits per heavy atom. The molecule has 0 bridgehead atoms. The number of nitrogens with one attached hydrogen (secondary N) is 3. The number of nitro groups is 1.